The van der Waals surface area contributed by atoms with Crippen LogP contribution < -0.4 is 10.2 Å². The predicted octanol–water partition coefficient (Wildman–Crippen LogP) is 3.53. The normalized spacial score (nSPS) is 15.1. The van der Waals surface area contributed by atoms with Gasteiger partial charge in [0.15, 0.2) is 0 Å². The first kappa shape index (κ1) is 17.6. The lowest BCUT2D eigenvalue weighted by atomic mass is 10.1. The molecule has 1 heterocycles. The molecule has 0 aliphatic carbocycles. The molecule has 1 aromatic carbocycles. The van der Waals surface area contributed by atoms with Gasteiger partial charge in [-0.2, -0.15) is 0 Å². The third-order valence-electron chi connectivity index (χ3n) is 3.60. The summed E-state index contributed by atoms with van der Waals surface area (Å²) in [6.45, 7) is 7.82. The molecule has 1 N–H and O–H groups in total. The topological polar surface area (TPSA) is 58.6 Å². The number of anilines is 1. The third-order valence-corrected chi connectivity index (χ3v) is 3.84. The summed E-state index contributed by atoms with van der Waals surface area (Å²) in [5, 5.41) is 3.33. The number of amides is 2. The fourth-order valence-electron chi connectivity index (χ4n) is 2.58. The van der Waals surface area contributed by atoms with E-state index in [1.807, 2.05) is 19.1 Å². The second kappa shape index (κ2) is 6.79. The molecule has 0 aromatic heterocycles. The van der Waals surface area contributed by atoms with Gasteiger partial charge >= 0.3 is 6.09 Å². The van der Waals surface area contributed by atoms with Gasteiger partial charge in [0.2, 0.25) is 5.91 Å². The first-order chi connectivity index (χ1) is 10.7. The van der Waals surface area contributed by atoms with Gasteiger partial charge in [-0.25, -0.2) is 4.79 Å². The van der Waals surface area contributed by atoms with Crippen molar-refractivity contribution in [1.29, 1.82) is 0 Å². The second-order valence-electron chi connectivity index (χ2n) is 6.62. The van der Waals surface area contributed by atoms with Crippen LogP contribution in [-0.2, 0) is 16.0 Å². The van der Waals surface area contributed by atoms with Crippen LogP contribution in [0.4, 0.5) is 10.5 Å². The Labute approximate surface area is 141 Å². The van der Waals surface area contributed by atoms with Gasteiger partial charge in [-0.15, -0.1) is 0 Å². The van der Waals surface area contributed by atoms with E-state index in [4.69, 9.17) is 16.3 Å². The number of alkyl carbamates (subject to hydrolysis) is 1. The van der Waals surface area contributed by atoms with Crippen molar-refractivity contribution < 1.29 is 14.3 Å². The van der Waals surface area contributed by atoms with E-state index in [0.29, 0.717) is 18.0 Å². The van der Waals surface area contributed by atoms with Crippen LogP contribution in [0.5, 0.6) is 0 Å². The van der Waals surface area contributed by atoms with E-state index in [9.17, 15) is 9.59 Å². The molecule has 0 unspecified atom stereocenters. The van der Waals surface area contributed by atoms with Crippen molar-refractivity contribution in [3.8, 4) is 0 Å². The second-order valence-corrected chi connectivity index (χ2v) is 7.06. The summed E-state index contributed by atoms with van der Waals surface area (Å²) < 4.78 is 5.23. The Balaban J connectivity index is 2.09. The van der Waals surface area contributed by atoms with Crippen LogP contribution in [-0.4, -0.2) is 30.2 Å². The van der Waals surface area contributed by atoms with E-state index in [1.165, 1.54) is 0 Å². The quantitative estimate of drug-likeness (QED) is 0.917. The van der Waals surface area contributed by atoms with Crippen molar-refractivity contribution in [1.82, 2.24) is 5.32 Å². The van der Waals surface area contributed by atoms with Gasteiger partial charge in [-0.1, -0.05) is 18.5 Å². The summed E-state index contributed by atoms with van der Waals surface area (Å²) in [5.74, 6) is -0.126. The van der Waals surface area contributed by atoms with Crippen molar-refractivity contribution in [3.05, 3.63) is 28.8 Å². The molecule has 1 aliphatic rings. The molecule has 0 radical (unpaired) electrons. The Hall–Kier alpha value is -1.75. The van der Waals surface area contributed by atoms with Crippen LogP contribution in [0.1, 0.15) is 39.7 Å². The average molecular weight is 339 g/mol. The number of rotatable bonds is 3. The van der Waals surface area contributed by atoms with Gasteiger partial charge in [-0.3, -0.25) is 4.79 Å². The van der Waals surface area contributed by atoms with Crippen LogP contribution in [0.15, 0.2) is 18.2 Å². The van der Waals surface area contributed by atoms with E-state index in [0.717, 1.165) is 17.7 Å². The lowest BCUT2D eigenvalue weighted by Crippen LogP contribution is -2.49. The van der Waals surface area contributed by atoms with Crippen molar-refractivity contribution in [2.45, 2.75) is 52.2 Å². The van der Waals surface area contributed by atoms with Gasteiger partial charge in [0.25, 0.3) is 0 Å². The zero-order chi connectivity index (χ0) is 17.2. The van der Waals surface area contributed by atoms with E-state index in [2.05, 4.69) is 5.32 Å². The monoisotopic (exact) mass is 338 g/mol. The molecule has 6 heteroatoms. The van der Waals surface area contributed by atoms with E-state index < -0.39 is 17.7 Å². The molecule has 1 aromatic rings. The van der Waals surface area contributed by atoms with Crippen LogP contribution in [0.25, 0.3) is 0 Å². The van der Waals surface area contributed by atoms with Crippen molar-refractivity contribution in [2.24, 2.45) is 0 Å². The molecule has 2 amide bonds. The number of halogens is 1. The highest BCUT2D eigenvalue weighted by Crippen LogP contribution is 2.31. The maximum Gasteiger partial charge on any atom is 0.408 e. The van der Waals surface area contributed by atoms with Gasteiger partial charge in [0, 0.05) is 17.3 Å². The number of nitrogens with one attached hydrogen (secondary N) is 1. The Morgan fingerprint density at radius 3 is 2.70 bits per heavy atom. The molecule has 0 saturated carbocycles. The minimum absolute atomic E-state index is 0.126. The first-order valence-corrected chi connectivity index (χ1v) is 8.18. The molecular weight excluding hydrogens is 316 g/mol. The first-order valence-electron chi connectivity index (χ1n) is 7.80. The Morgan fingerprint density at radius 1 is 1.39 bits per heavy atom. The van der Waals surface area contributed by atoms with E-state index >= 15 is 0 Å². The fraction of sp³-hybridized carbons (Fsp3) is 0.529. The molecular formula is C17H23ClN2O3. The van der Waals surface area contributed by atoms with Gasteiger partial charge in [-0.05, 0) is 57.4 Å². The molecule has 0 spiro atoms. The summed E-state index contributed by atoms with van der Waals surface area (Å²) in [6.07, 6.45) is 0.690. The van der Waals surface area contributed by atoms with Crippen molar-refractivity contribution >= 4 is 29.3 Å². The maximum absolute atomic E-state index is 12.7. The molecule has 0 bridgehead atoms. The maximum atomic E-state index is 12.7. The highest BCUT2D eigenvalue weighted by molar-refractivity contribution is 6.30. The van der Waals surface area contributed by atoms with Crippen LogP contribution in [0.2, 0.25) is 5.02 Å². The molecule has 0 fully saturated rings. The fourth-order valence-corrected chi connectivity index (χ4v) is 2.77. The summed E-state index contributed by atoms with van der Waals surface area (Å²) in [4.78, 5) is 26.4. The number of nitrogens with zero attached hydrogens (tertiary/aromatic N) is 1. The Bertz CT molecular complexity index is 610. The molecule has 5 nitrogen and oxygen atoms in total. The summed E-state index contributed by atoms with van der Waals surface area (Å²) in [5.41, 5.74) is 1.32. The molecule has 0 saturated heterocycles. The highest BCUT2D eigenvalue weighted by Gasteiger charge is 2.31. The molecule has 23 heavy (non-hydrogen) atoms. The minimum atomic E-state index is -0.605. The van der Waals surface area contributed by atoms with E-state index in [1.54, 1.807) is 31.7 Å². The largest absolute Gasteiger partial charge is 0.444 e. The number of hydrogen-bond acceptors (Lipinski definition) is 3. The number of carbonyl (C=O) groups is 2. The molecule has 1 atom stereocenters. The minimum Gasteiger partial charge on any atom is -0.444 e. The zero-order valence-electron chi connectivity index (χ0n) is 14.0. The van der Waals surface area contributed by atoms with Gasteiger partial charge in [0.05, 0.1) is 0 Å². The zero-order valence-corrected chi connectivity index (χ0v) is 14.7. The lowest BCUT2D eigenvalue weighted by Gasteiger charge is -2.26. The SMILES string of the molecule is CC[C@H](NC(=O)OC(C)(C)C)C(=O)N1CCc2cc(Cl)ccc21. The highest BCUT2D eigenvalue weighted by atomic mass is 35.5. The van der Waals surface area contributed by atoms with Crippen molar-refractivity contribution in [3.63, 3.8) is 0 Å². The van der Waals surface area contributed by atoms with Crippen molar-refractivity contribution in [2.75, 3.05) is 11.4 Å². The van der Waals surface area contributed by atoms with Crippen LogP contribution in [0, 0.1) is 0 Å². The Morgan fingerprint density at radius 2 is 2.09 bits per heavy atom. The number of carbonyl (C=O) groups excluding carboxylic acids is 2. The summed E-state index contributed by atoms with van der Waals surface area (Å²) in [6, 6.07) is 4.90. The van der Waals surface area contributed by atoms with Crippen LogP contribution >= 0.6 is 11.6 Å². The smallest absolute Gasteiger partial charge is 0.408 e. The Kier molecular flexibility index (Phi) is 5.19. The summed E-state index contributed by atoms with van der Waals surface area (Å²) in [7, 11) is 0. The molecule has 2 rings (SSSR count). The predicted molar refractivity (Wildman–Crippen MR) is 91.0 cm³/mol. The van der Waals surface area contributed by atoms with Gasteiger partial charge < -0.3 is 15.0 Å². The van der Waals surface area contributed by atoms with E-state index in [-0.39, 0.29) is 5.91 Å². The van der Waals surface area contributed by atoms with Gasteiger partial charge in [0.1, 0.15) is 11.6 Å². The average Bonchev–Trinajstić information content (AvgIpc) is 2.84. The third kappa shape index (κ3) is 4.38. The number of hydrogen-bond donors (Lipinski definition) is 1. The number of benzene rings is 1. The number of fused-ring (bicyclic) bond motifs is 1. The number of ether oxygens (including phenoxy) is 1. The standard InChI is InChI=1S/C17H23ClN2O3/c1-5-13(19-16(22)23-17(2,3)4)15(21)20-9-8-11-10-12(18)6-7-14(11)20/h6-7,10,13H,5,8-9H2,1-4H3,(H,19,22)/t13-/m0/s1. The molecule has 1 aliphatic heterocycles. The lowest BCUT2D eigenvalue weighted by molar-refractivity contribution is -0.120. The van der Waals surface area contributed by atoms with Crippen LogP contribution in [0.3, 0.4) is 0 Å². The summed E-state index contributed by atoms with van der Waals surface area (Å²) >= 11 is 5.99. The molecule has 126 valence electrons.